The van der Waals surface area contributed by atoms with Gasteiger partial charge in [-0.05, 0) is 36.4 Å². The SMILES string of the molecule is O=C(O)c1ccc(S(=O)(=O)N=C2C=CC(=O)c3ccccc32)cc1. The normalized spacial score (nSPS) is 15.3. The Morgan fingerprint density at radius 1 is 0.917 bits per heavy atom. The van der Waals surface area contributed by atoms with Gasteiger partial charge in [-0.3, -0.25) is 4.79 Å². The summed E-state index contributed by atoms with van der Waals surface area (Å²) in [6, 6.07) is 11.4. The summed E-state index contributed by atoms with van der Waals surface area (Å²) < 4.78 is 28.6. The van der Waals surface area contributed by atoms with Gasteiger partial charge in [0.15, 0.2) is 5.78 Å². The predicted octanol–water partition coefficient (Wildman–Crippen LogP) is 2.32. The predicted molar refractivity (Wildman–Crippen MR) is 87.0 cm³/mol. The van der Waals surface area contributed by atoms with Gasteiger partial charge in [0.25, 0.3) is 10.0 Å². The van der Waals surface area contributed by atoms with E-state index in [0.717, 1.165) is 0 Å². The molecule has 6 nitrogen and oxygen atoms in total. The lowest BCUT2D eigenvalue weighted by Crippen LogP contribution is -2.14. The molecule has 0 saturated carbocycles. The van der Waals surface area contributed by atoms with Gasteiger partial charge in [0.2, 0.25) is 0 Å². The molecule has 0 bridgehead atoms. The van der Waals surface area contributed by atoms with Crippen LogP contribution in [0.5, 0.6) is 0 Å². The standard InChI is InChI=1S/C17H11NO5S/c19-16-10-9-15(13-3-1-2-4-14(13)16)18-24(22,23)12-7-5-11(6-8-12)17(20)21/h1-10H,(H,20,21). The molecule has 0 spiro atoms. The maximum atomic E-state index is 12.4. The molecule has 1 aliphatic rings. The summed E-state index contributed by atoms with van der Waals surface area (Å²) in [4.78, 5) is 22.5. The van der Waals surface area contributed by atoms with E-state index < -0.39 is 16.0 Å². The van der Waals surface area contributed by atoms with Crippen molar-refractivity contribution in [1.29, 1.82) is 0 Å². The van der Waals surface area contributed by atoms with E-state index in [1.165, 1.54) is 36.4 Å². The second-order valence-corrected chi connectivity index (χ2v) is 6.63. The van der Waals surface area contributed by atoms with Gasteiger partial charge in [-0.2, -0.15) is 12.8 Å². The summed E-state index contributed by atoms with van der Waals surface area (Å²) in [5.74, 6) is -1.36. The number of sulfonamides is 1. The third-order valence-corrected chi connectivity index (χ3v) is 4.78. The van der Waals surface area contributed by atoms with Gasteiger partial charge in [-0.25, -0.2) is 4.79 Å². The van der Waals surface area contributed by atoms with Crippen molar-refractivity contribution < 1.29 is 23.1 Å². The number of hydrogen-bond acceptors (Lipinski definition) is 4. The molecule has 2 aromatic rings. The Balaban J connectivity index is 2.05. The topological polar surface area (TPSA) is 101 Å². The highest BCUT2D eigenvalue weighted by Gasteiger charge is 2.20. The first-order valence-corrected chi connectivity index (χ1v) is 8.32. The molecule has 0 fully saturated rings. The van der Waals surface area contributed by atoms with Crippen molar-refractivity contribution in [1.82, 2.24) is 0 Å². The number of allylic oxidation sites excluding steroid dienone is 2. The molecule has 2 aromatic carbocycles. The van der Waals surface area contributed by atoms with Crippen molar-refractivity contribution in [2.24, 2.45) is 4.40 Å². The van der Waals surface area contributed by atoms with E-state index in [1.807, 2.05) is 0 Å². The molecular formula is C17H11NO5S. The van der Waals surface area contributed by atoms with Crippen LogP contribution in [0.3, 0.4) is 0 Å². The fourth-order valence-electron chi connectivity index (χ4n) is 2.29. The molecule has 0 heterocycles. The number of carbonyl (C=O) groups excluding carboxylic acids is 1. The van der Waals surface area contributed by atoms with Gasteiger partial charge in [-0.1, -0.05) is 24.3 Å². The van der Waals surface area contributed by atoms with E-state index in [4.69, 9.17) is 5.11 Å². The lowest BCUT2D eigenvalue weighted by molar-refractivity contribution is 0.0696. The highest BCUT2D eigenvalue weighted by Crippen LogP contribution is 2.20. The first-order valence-electron chi connectivity index (χ1n) is 6.88. The van der Waals surface area contributed by atoms with Crippen LogP contribution in [0.25, 0.3) is 0 Å². The third-order valence-electron chi connectivity index (χ3n) is 3.48. The number of rotatable bonds is 3. The van der Waals surface area contributed by atoms with Crippen LogP contribution in [0.15, 0.2) is 70.0 Å². The molecule has 0 saturated heterocycles. The monoisotopic (exact) mass is 341 g/mol. The van der Waals surface area contributed by atoms with Gasteiger partial charge >= 0.3 is 5.97 Å². The quantitative estimate of drug-likeness (QED) is 0.923. The van der Waals surface area contributed by atoms with E-state index in [-0.39, 0.29) is 22.0 Å². The molecule has 0 radical (unpaired) electrons. The van der Waals surface area contributed by atoms with Crippen LogP contribution < -0.4 is 0 Å². The summed E-state index contributed by atoms with van der Waals surface area (Å²) in [6.45, 7) is 0. The minimum Gasteiger partial charge on any atom is -0.478 e. The van der Waals surface area contributed by atoms with Crippen molar-refractivity contribution >= 4 is 27.5 Å². The molecule has 0 amide bonds. The van der Waals surface area contributed by atoms with E-state index >= 15 is 0 Å². The van der Waals surface area contributed by atoms with Crippen LogP contribution in [0.4, 0.5) is 0 Å². The average Bonchev–Trinajstić information content (AvgIpc) is 2.58. The summed E-state index contributed by atoms with van der Waals surface area (Å²) in [6.07, 6.45) is 2.62. The van der Waals surface area contributed by atoms with E-state index in [1.54, 1.807) is 24.3 Å². The minimum absolute atomic E-state index is 0.0184. The second-order valence-electron chi connectivity index (χ2n) is 5.02. The molecule has 1 aliphatic carbocycles. The molecule has 120 valence electrons. The zero-order valence-electron chi connectivity index (χ0n) is 12.2. The Bertz CT molecular complexity index is 1000. The summed E-state index contributed by atoms with van der Waals surface area (Å²) in [5.41, 5.74) is 0.966. The van der Waals surface area contributed by atoms with E-state index in [9.17, 15) is 18.0 Å². The first kappa shape index (κ1) is 15.8. The number of carboxylic acid groups (broad SMARTS) is 1. The molecule has 24 heavy (non-hydrogen) atoms. The van der Waals surface area contributed by atoms with Crippen LogP contribution in [0.2, 0.25) is 0 Å². The van der Waals surface area contributed by atoms with Crippen molar-refractivity contribution in [3.05, 3.63) is 77.4 Å². The summed E-state index contributed by atoms with van der Waals surface area (Å²) in [5, 5.41) is 8.86. The maximum absolute atomic E-state index is 12.4. The number of aromatic carboxylic acids is 1. The Labute approximate surface area is 137 Å². The third kappa shape index (κ3) is 2.89. The average molecular weight is 341 g/mol. The summed E-state index contributed by atoms with van der Waals surface area (Å²) in [7, 11) is -4.03. The zero-order valence-corrected chi connectivity index (χ0v) is 13.0. The number of carbonyl (C=O) groups is 2. The fourth-order valence-corrected chi connectivity index (χ4v) is 3.29. The second kappa shape index (κ2) is 5.86. The lowest BCUT2D eigenvalue weighted by Gasteiger charge is -2.11. The van der Waals surface area contributed by atoms with Crippen LogP contribution in [-0.4, -0.2) is 31.0 Å². The highest BCUT2D eigenvalue weighted by molar-refractivity contribution is 7.90. The van der Waals surface area contributed by atoms with Crippen LogP contribution in [0.1, 0.15) is 26.3 Å². The van der Waals surface area contributed by atoms with Crippen molar-refractivity contribution in [2.45, 2.75) is 4.90 Å². The molecule has 0 atom stereocenters. The Kier molecular flexibility index (Phi) is 3.86. The van der Waals surface area contributed by atoms with Gasteiger partial charge in [0.1, 0.15) is 0 Å². The molecule has 0 aromatic heterocycles. The number of fused-ring (bicyclic) bond motifs is 1. The molecule has 3 rings (SSSR count). The molecule has 0 aliphatic heterocycles. The van der Waals surface area contributed by atoms with Gasteiger partial charge in [-0.15, -0.1) is 0 Å². The van der Waals surface area contributed by atoms with Crippen LogP contribution in [0, 0.1) is 0 Å². The van der Waals surface area contributed by atoms with Crippen molar-refractivity contribution in [3.8, 4) is 0 Å². The number of benzene rings is 2. The highest BCUT2D eigenvalue weighted by atomic mass is 32.2. The number of ketones is 1. The van der Waals surface area contributed by atoms with Crippen molar-refractivity contribution in [3.63, 3.8) is 0 Å². The zero-order chi connectivity index (χ0) is 17.3. The minimum atomic E-state index is -4.03. The van der Waals surface area contributed by atoms with E-state index in [2.05, 4.69) is 4.40 Å². The maximum Gasteiger partial charge on any atom is 0.335 e. The number of carboxylic acids is 1. The van der Waals surface area contributed by atoms with Gasteiger partial charge in [0.05, 0.1) is 16.2 Å². The molecular weight excluding hydrogens is 330 g/mol. The van der Waals surface area contributed by atoms with Gasteiger partial charge < -0.3 is 5.11 Å². The molecule has 0 unspecified atom stereocenters. The first-order chi connectivity index (χ1) is 11.4. The lowest BCUT2D eigenvalue weighted by atomic mass is 9.95. The molecule has 1 N–H and O–H groups in total. The largest absolute Gasteiger partial charge is 0.478 e. The summed E-state index contributed by atoms with van der Waals surface area (Å²) >= 11 is 0. The number of nitrogens with zero attached hydrogens (tertiary/aromatic N) is 1. The molecule has 7 heteroatoms. The van der Waals surface area contributed by atoms with E-state index in [0.29, 0.717) is 11.1 Å². The Morgan fingerprint density at radius 3 is 2.17 bits per heavy atom. The fraction of sp³-hybridized carbons (Fsp3) is 0. The van der Waals surface area contributed by atoms with Gasteiger partial charge in [0, 0.05) is 11.1 Å². The smallest absolute Gasteiger partial charge is 0.335 e. The Morgan fingerprint density at radius 2 is 1.54 bits per heavy atom. The Hall–Kier alpha value is -3.06. The number of hydrogen-bond donors (Lipinski definition) is 1. The van der Waals surface area contributed by atoms with Crippen LogP contribution in [-0.2, 0) is 10.0 Å². The van der Waals surface area contributed by atoms with Crippen molar-refractivity contribution in [2.75, 3.05) is 0 Å². The van der Waals surface area contributed by atoms with Crippen LogP contribution >= 0.6 is 0 Å².